The third-order valence-electron chi connectivity index (χ3n) is 2.35. The Morgan fingerprint density at radius 3 is 2.91 bits per heavy atom. The summed E-state index contributed by atoms with van der Waals surface area (Å²) in [5, 5.41) is 0. The SMILES string of the molecule is Nc1cnc(CC2CCC2)[nH]1. The Morgan fingerprint density at radius 2 is 2.45 bits per heavy atom. The number of imidazole rings is 1. The second kappa shape index (κ2) is 2.57. The molecule has 1 aromatic rings. The molecule has 1 aromatic heterocycles. The van der Waals surface area contributed by atoms with Crippen LogP contribution in [0, 0.1) is 5.92 Å². The van der Waals surface area contributed by atoms with Gasteiger partial charge in [0.25, 0.3) is 0 Å². The van der Waals surface area contributed by atoms with Crippen LogP contribution in [0.15, 0.2) is 6.20 Å². The summed E-state index contributed by atoms with van der Waals surface area (Å²) in [5.41, 5.74) is 5.50. The van der Waals surface area contributed by atoms with E-state index >= 15 is 0 Å². The summed E-state index contributed by atoms with van der Waals surface area (Å²) in [6.07, 6.45) is 6.88. The minimum atomic E-state index is 0.680. The lowest BCUT2D eigenvalue weighted by atomic mass is 9.83. The highest BCUT2D eigenvalue weighted by Gasteiger charge is 2.18. The molecule has 0 bridgehead atoms. The molecule has 0 aromatic carbocycles. The van der Waals surface area contributed by atoms with Crippen LogP contribution in [0.4, 0.5) is 5.82 Å². The Morgan fingerprint density at radius 1 is 1.64 bits per heavy atom. The number of H-pyrrole nitrogens is 1. The summed E-state index contributed by atoms with van der Waals surface area (Å²) in [6, 6.07) is 0. The molecule has 0 radical (unpaired) electrons. The van der Waals surface area contributed by atoms with E-state index in [0.29, 0.717) is 5.82 Å². The first-order valence-electron chi connectivity index (χ1n) is 4.14. The van der Waals surface area contributed by atoms with Gasteiger partial charge in [-0.05, 0) is 5.92 Å². The van der Waals surface area contributed by atoms with E-state index in [9.17, 15) is 0 Å². The van der Waals surface area contributed by atoms with Gasteiger partial charge >= 0.3 is 0 Å². The van der Waals surface area contributed by atoms with Gasteiger partial charge in [-0.3, -0.25) is 0 Å². The Kier molecular flexibility index (Phi) is 1.56. The molecule has 1 aliphatic carbocycles. The first-order valence-corrected chi connectivity index (χ1v) is 4.14. The maximum absolute atomic E-state index is 5.50. The molecule has 0 unspecified atom stereocenters. The highest BCUT2D eigenvalue weighted by molar-refractivity contribution is 5.24. The summed E-state index contributed by atoms with van der Waals surface area (Å²) in [5.74, 6) is 2.59. The number of aromatic amines is 1. The van der Waals surface area contributed by atoms with Crippen LogP contribution < -0.4 is 5.73 Å². The van der Waals surface area contributed by atoms with Gasteiger partial charge in [-0.2, -0.15) is 0 Å². The average molecular weight is 151 g/mol. The second-order valence-electron chi connectivity index (χ2n) is 3.29. The standard InChI is InChI=1S/C8H13N3/c9-7-5-10-8(11-7)4-6-2-1-3-6/h5-6H,1-4,9H2,(H,10,11). The van der Waals surface area contributed by atoms with E-state index in [4.69, 9.17) is 5.73 Å². The van der Waals surface area contributed by atoms with Gasteiger partial charge in [0.15, 0.2) is 0 Å². The highest BCUT2D eigenvalue weighted by atomic mass is 15.0. The van der Waals surface area contributed by atoms with Gasteiger partial charge < -0.3 is 10.7 Å². The lowest BCUT2D eigenvalue weighted by molar-refractivity contribution is 0.310. The molecule has 11 heavy (non-hydrogen) atoms. The van der Waals surface area contributed by atoms with Gasteiger partial charge in [-0.1, -0.05) is 19.3 Å². The molecular weight excluding hydrogens is 138 g/mol. The second-order valence-corrected chi connectivity index (χ2v) is 3.29. The normalized spacial score (nSPS) is 18.2. The van der Waals surface area contributed by atoms with Crippen molar-refractivity contribution in [3.63, 3.8) is 0 Å². The minimum absolute atomic E-state index is 0.680. The van der Waals surface area contributed by atoms with Crippen molar-refractivity contribution in [2.45, 2.75) is 25.7 Å². The molecule has 60 valence electrons. The number of aromatic nitrogens is 2. The topological polar surface area (TPSA) is 54.7 Å². The molecule has 1 aliphatic rings. The fraction of sp³-hybridized carbons (Fsp3) is 0.625. The summed E-state index contributed by atoms with van der Waals surface area (Å²) in [7, 11) is 0. The van der Waals surface area contributed by atoms with E-state index in [1.807, 2.05) is 0 Å². The van der Waals surface area contributed by atoms with E-state index in [0.717, 1.165) is 18.2 Å². The number of nitrogens with zero attached hydrogens (tertiary/aromatic N) is 1. The van der Waals surface area contributed by atoms with Crippen LogP contribution >= 0.6 is 0 Å². The molecule has 0 saturated heterocycles. The number of nitrogens with two attached hydrogens (primary N) is 1. The third kappa shape index (κ3) is 1.37. The Hall–Kier alpha value is -0.990. The third-order valence-corrected chi connectivity index (χ3v) is 2.35. The predicted octanol–water partition coefficient (Wildman–Crippen LogP) is 1.33. The number of rotatable bonds is 2. The molecule has 1 fully saturated rings. The summed E-state index contributed by atoms with van der Waals surface area (Å²) >= 11 is 0. The maximum atomic E-state index is 5.50. The highest BCUT2D eigenvalue weighted by Crippen LogP contribution is 2.28. The Labute approximate surface area is 66.0 Å². The van der Waals surface area contributed by atoms with E-state index in [1.165, 1.54) is 19.3 Å². The molecule has 1 heterocycles. The van der Waals surface area contributed by atoms with Crippen LogP contribution in [0.2, 0.25) is 0 Å². The fourth-order valence-corrected chi connectivity index (χ4v) is 1.45. The van der Waals surface area contributed by atoms with E-state index < -0.39 is 0 Å². The number of hydrogen-bond donors (Lipinski definition) is 2. The molecule has 3 nitrogen and oxygen atoms in total. The van der Waals surface area contributed by atoms with E-state index in [1.54, 1.807) is 6.20 Å². The summed E-state index contributed by atoms with van der Waals surface area (Å²) in [6.45, 7) is 0. The zero-order valence-corrected chi connectivity index (χ0v) is 6.51. The van der Waals surface area contributed by atoms with Crippen molar-refractivity contribution in [3.05, 3.63) is 12.0 Å². The van der Waals surface area contributed by atoms with Crippen molar-refractivity contribution in [3.8, 4) is 0 Å². The first kappa shape index (κ1) is 6.70. The van der Waals surface area contributed by atoms with Crippen LogP contribution in [0.25, 0.3) is 0 Å². The lowest BCUT2D eigenvalue weighted by Crippen LogP contribution is -2.14. The van der Waals surface area contributed by atoms with Crippen molar-refractivity contribution in [2.75, 3.05) is 5.73 Å². The van der Waals surface area contributed by atoms with Crippen molar-refractivity contribution in [2.24, 2.45) is 5.92 Å². The zero-order valence-electron chi connectivity index (χ0n) is 6.51. The number of nitrogen functional groups attached to an aromatic ring is 1. The van der Waals surface area contributed by atoms with Crippen molar-refractivity contribution in [1.82, 2.24) is 9.97 Å². The van der Waals surface area contributed by atoms with E-state index in [2.05, 4.69) is 9.97 Å². The summed E-state index contributed by atoms with van der Waals surface area (Å²) in [4.78, 5) is 7.20. The van der Waals surface area contributed by atoms with Gasteiger partial charge in [-0.15, -0.1) is 0 Å². The fourth-order valence-electron chi connectivity index (χ4n) is 1.45. The van der Waals surface area contributed by atoms with Crippen molar-refractivity contribution < 1.29 is 0 Å². The summed E-state index contributed by atoms with van der Waals surface area (Å²) < 4.78 is 0. The Balaban J connectivity index is 1.95. The van der Waals surface area contributed by atoms with Gasteiger partial charge in [0, 0.05) is 6.42 Å². The minimum Gasteiger partial charge on any atom is -0.384 e. The molecule has 0 spiro atoms. The number of hydrogen-bond acceptors (Lipinski definition) is 2. The largest absolute Gasteiger partial charge is 0.384 e. The molecule has 0 atom stereocenters. The number of anilines is 1. The van der Waals surface area contributed by atoms with Gasteiger partial charge in [0.05, 0.1) is 6.20 Å². The molecule has 0 amide bonds. The van der Waals surface area contributed by atoms with Gasteiger partial charge in [0.2, 0.25) is 0 Å². The van der Waals surface area contributed by atoms with E-state index in [-0.39, 0.29) is 0 Å². The quantitative estimate of drug-likeness (QED) is 0.670. The van der Waals surface area contributed by atoms with Crippen LogP contribution in [0.1, 0.15) is 25.1 Å². The van der Waals surface area contributed by atoms with Gasteiger partial charge in [-0.25, -0.2) is 4.98 Å². The molecule has 2 rings (SSSR count). The van der Waals surface area contributed by atoms with Crippen molar-refractivity contribution in [1.29, 1.82) is 0 Å². The monoisotopic (exact) mass is 151 g/mol. The first-order chi connectivity index (χ1) is 5.34. The van der Waals surface area contributed by atoms with Crippen LogP contribution in [-0.2, 0) is 6.42 Å². The molecule has 1 saturated carbocycles. The maximum Gasteiger partial charge on any atom is 0.120 e. The van der Waals surface area contributed by atoms with Gasteiger partial charge in [0.1, 0.15) is 11.6 Å². The molecule has 3 heteroatoms. The lowest BCUT2D eigenvalue weighted by Gasteiger charge is -2.23. The molecular formula is C8H13N3. The molecule has 3 N–H and O–H groups in total. The van der Waals surface area contributed by atoms with Crippen LogP contribution in [0.5, 0.6) is 0 Å². The molecule has 0 aliphatic heterocycles. The van der Waals surface area contributed by atoms with Crippen LogP contribution in [0.3, 0.4) is 0 Å². The van der Waals surface area contributed by atoms with Crippen LogP contribution in [-0.4, -0.2) is 9.97 Å². The van der Waals surface area contributed by atoms with Crippen molar-refractivity contribution >= 4 is 5.82 Å². The average Bonchev–Trinajstić information content (AvgIpc) is 2.27. The number of nitrogens with one attached hydrogen (secondary N) is 1. The zero-order chi connectivity index (χ0) is 7.68. The Bertz CT molecular complexity index is 237. The predicted molar refractivity (Wildman–Crippen MR) is 44.0 cm³/mol. The smallest absolute Gasteiger partial charge is 0.120 e.